The van der Waals surface area contributed by atoms with Crippen molar-refractivity contribution in [3.63, 3.8) is 0 Å². The summed E-state index contributed by atoms with van der Waals surface area (Å²) < 4.78 is 26.7. The molecule has 0 saturated heterocycles. The zero-order valence-corrected chi connectivity index (χ0v) is 13.3. The fraction of sp³-hybridized carbons (Fsp3) is 0.500. The Morgan fingerprint density at radius 2 is 2.22 bits per heavy atom. The van der Waals surface area contributed by atoms with Gasteiger partial charge in [0.2, 0.25) is 5.91 Å². The molecule has 1 heterocycles. The van der Waals surface area contributed by atoms with Gasteiger partial charge in [-0.05, 0) is 62.8 Å². The van der Waals surface area contributed by atoms with Gasteiger partial charge in [-0.15, -0.1) is 0 Å². The van der Waals surface area contributed by atoms with Crippen LogP contribution in [0.3, 0.4) is 0 Å². The number of aryl methyl sites for hydroxylation is 1. The van der Waals surface area contributed by atoms with Crippen LogP contribution in [0.5, 0.6) is 0 Å². The van der Waals surface area contributed by atoms with Crippen molar-refractivity contribution in [1.29, 1.82) is 0 Å². The number of fused-ring (bicyclic) bond motifs is 1. The first-order valence-corrected chi connectivity index (χ1v) is 8.23. The molecule has 2 unspecified atom stereocenters. The number of benzene rings is 1. The lowest BCUT2D eigenvalue weighted by atomic mass is 9.87. The molecule has 0 bridgehead atoms. The number of nitrogens with one attached hydrogen (secondary N) is 2. The van der Waals surface area contributed by atoms with Crippen LogP contribution in [-0.2, 0) is 11.2 Å². The van der Waals surface area contributed by atoms with Crippen LogP contribution in [0.4, 0.5) is 8.78 Å². The Morgan fingerprint density at radius 3 is 3.00 bits per heavy atom. The molecular weight excluding hydrogens is 298 g/mol. The summed E-state index contributed by atoms with van der Waals surface area (Å²) in [4.78, 5) is 15.3. The lowest BCUT2D eigenvalue weighted by molar-refractivity contribution is -0.126. The fourth-order valence-electron chi connectivity index (χ4n) is 3.51. The third-order valence-corrected chi connectivity index (χ3v) is 4.74. The SMILES string of the molecule is Cc1[nH]c2cc(F)ccc2c1CCNC(=O)C1CCCC(F)C1. The molecule has 1 aromatic heterocycles. The standard InChI is InChI=1S/C18H22F2N2O/c1-11-15(16-6-5-14(20)10-17(16)22-11)7-8-21-18(23)12-3-2-4-13(19)9-12/h5-6,10,12-13,22H,2-4,7-9H2,1H3,(H,21,23). The molecule has 2 N–H and O–H groups in total. The number of aromatic amines is 1. The third-order valence-electron chi connectivity index (χ3n) is 4.74. The Bertz CT molecular complexity index is 710. The minimum Gasteiger partial charge on any atom is -0.358 e. The normalized spacial score (nSPS) is 21.5. The van der Waals surface area contributed by atoms with Gasteiger partial charge in [-0.3, -0.25) is 4.79 Å². The van der Waals surface area contributed by atoms with Crippen molar-refractivity contribution >= 4 is 16.8 Å². The Kier molecular flexibility index (Phi) is 4.64. The van der Waals surface area contributed by atoms with E-state index in [0.717, 1.165) is 35.0 Å². The van der Waals surface area contributed by atoms with Gasteiger partial charge in [0.05, 0.1) is 0 Å². The van der Waals surface area contributed by atoms with Gasteiger partial charge < -0.3 is 10.3 Å². The number of amides is 1. The maximum Gasteiger partial charge on any atom is 0.223 e. The molecule has 3 nitrogen and oxygen atoms in total. The quantitative estimate of drug-likeness (QED) is 0.884. The molecule has 2 atom stereocenters. The summed E-state index contributed by atoms with van der Waals surface area (Å²) in [6.07, 6.45) is 2.32. The second-order valence-electron chi connectivity index (χ2n) is 6.42. The molecular formula is C18H22F2N2O. The summed E-state index contributed by atoms with van der Waals surface area (Å²) in [5, 5.41) is 3.91. The molecule has 1 fully saturated rings. The van der Waals surface area contributed by atoms with Crippen molar-refractivity contribution in [2.75, 3.05) is 6.54 Å². The molecule has 124 valence electrons. The predicted octanol–water partition coefficient (Wildman–Crippen LogP) is 3.80. The molecule has 0 radical (unpaired) electrons. The first kappa shape index (κ1) is 16.0. The summed E-state index contributed by atoms with van der Waals surface area (Å²) >= 11 is 0. The maximum atomic E-state index is 13.4. The van der Waals surface area contributed by atoms with Crippen molar-refractivity contribution in [3.05, 3.63) is 35.3 Å². The molecule has 1 saturated carbocycles. The summed E-state index contributed by atoms with van der Waals surface area (Å²) in [5.74, 6) is -0.510. The first-order valence-electron chi connectivity index (χ1n) is 8.23. The summed E-state index contributed by atoms with van der Waals surface area (Å²) in [6.45, 7) is 2.46. The van der Waals surface area contributed by atoms with E-state index < -0.39 is 6.17 Å². The number of hydrogen-bond donors (Lipinski definition) is 2. The third kappa shape index (κ3) is 3.54. The van der Waals surface area contributed by atoms with Crippen LogP contribution in [0.1, 0.15) is 36.9 Å². The highest BCUT2D eigenvalue weighted by Gasteiger charge is 2.26. The number of H-pyrrole nitrogens is 1. The number of carbonyl (C=O) groups is 1. The molecule has 1 aliphatic rings. The first-order chi connectivity index (χ1) is 11.0. The molecule has 1 aliphatic carbocycles. The smallest absolute Gasteiger partial charge is 0.223 e. The Hall–Kier alpha value is -1.91. The van der Waals surface area contributed by atoms with Crippen LogP contribution >= 0.6 is 0 Å². The van der Waals surface area contributed by atoms with Crippen molar-refractivity contribution in [3.8, 4) is 0 Å². The highest BCUT2D eigenvalue weighted by molar-refractivity contribution is 5.85. The lowest BCUT2D eigenvalue weighted by Crippen LogP contribution is -2.35. The van der Waals surface area contributed by atoms with Crippen LogP contribution in [0.15, 0.2) is 18.2 Å². The van der Waals surface area contributed by atoms with Crippen molar-refractivity contribution in [2.24, 2.45) is 5.92 Å². The maximum absolute atomic E-state index is 13.4. The zero-order chi connectivity index (χ0) is 16.4. The second-order valence-corrected chi connectivity index (χ2v) is 6.42. The molecule has 5 heteroatoms. The number of aromatic nitrogens is 1. The average Bonchev–Trinajstić information content (AvgIpc) is 2.82. The Morgan fingerprint density at radius 1 is 1.39 bits per heavy atom. The number of halogens is 2. The molecule has 1 amide bonds. The van der Waals surface area contributed by atoms with Crippen LogP contribution in [0.2, 0.25) is 0 Å². The summed E-state index contributed by atoms with van der Waals surface area (Å²) in [7, 11) is 0. The number of rotatable bonds is 4. The van der Waals surface area contributed by atoms with E-state index in [2.05, 4.69) is 10.3 Å². The topological polar surface area (TPSA) is 44.9 Å². The average molecular weight is 320 g/mol. The van der Waals surface area contributed by atoms with Crippen LogP contribution in [0.25, 0.3) is 10.9 Å². The van der Waals surface area contributed by atoms with Gasteiger partial charge in [0, 0.05) is 29.1 Å². The summed E-state index contributed by atoms with van der Waals surface area (Å²) in [5.41, 5.74) is 2.85. The Labute approximate surface area is 134 Å². The molecule has 0 aliphatic heterocycles. The van der Waals surface area contributed by atoms with Crippen LogP contribution in [-0.4, -0.2) is 23.6 Å². The monoisotopic (exact) mass is 320 g/mol. The van der Waals surface area contributed by atoms with E-state index in [9.17, 15) is 13.6 Å². The number of carbonyl (C=O) groups excluding carboxylic acids is 1. The predicted molar refractivity (Wildman–Crippen MR) is 86.6 cm³/mol. The van der Waals surface area contributed by atoms with Gasteiger partial charge in [0.15, 0.2) is 0 Å². The zero-order valence-electron chi connectivity index (χ0n) is 13.3. The van der Waals surface area contributed by atoms with Gasteiger partial charge in [-0.25, -0.2) is 8.78 Å². The van der Waals surface area contributed by atoms with E-state index in [1.165, 1.54) is 12.1 Å². The lowest BCUT2D eigenvalue weighted by Gasteiger charge is -2.23. The van der Waals surface area contributed by atoms with Gasteiger partial charge >= 0.3 is 0 Å². The highest BCUT2D eigenvalue weighted by atomic mass is 19.1. The van der Waals surface area contributed by atoms with Crippen molar-refractivity contribution in [2.45, 2.75) is 45.2 Å². The minimum atomic E-state index is -0.842. The second kappa shape index (κ2) is 6.69. The fourth-order valence-corrected chi connectivity index (χ4v) is 3.51. The van der Waals surface area contributed by atoms with E-state index in [0.29, 0.717) is 25.8 Å². The molecule has 23 heavy (non-hydrogen) atoms. The van der Waals surface area contributed by atoms with E-state index in [4.69, 9.17) is 0 Å². The highest BCUT2D eigenvalue weighted by Crippen LogP contribution is 2.27. The molecule has 0 spiro atoms. The van der Waals surface area contributed by atoms with E-state index in [1.807, 2.05) is 6.92 Å². The minimum absolute atomic E-state index is 0.0455. The van der Waals surface area contributed by atoms with Crippen molar-refractivity contribution < 1.29 is 13.6 Å². The van der Waals surface area contributed by atoms with Gasteiger partial charge in [-0.1, -0.05) is 0 Å². The van der Waals surface area contributed by atoms with Gasteiger partial charge in [0.25, 0.3) is 0 Å². The molecule has 3 rings (SSSR count). The Balaban J connectivity index is 1.60. The van der Waals surface area contributed by atoms with E-state index in [1.54, 1.807) is 6.07 Å². The number of alkyl halides is 1. The number of hydrogen-bond acceptors (Lipinski definition) is 1. The summed E-state index contributed by atoms with van der Waals surface area (Å²) in [6, 6.07) is 4.69. The molecule has 2 aromatic rings. The van der Waals surface area contributed by atoms with E-state index >= 15 is 0 Å². The molecule has 1 aromatic carbocycles. The largest absolute Gasteiger partial charge is 0.358 e. The van der Waals surface area contributed by atoms with Gasteiger partial charge in [0.1, 0.15) is 12.0 Å². The van der Waals surface area contributed by atoms with Crippen molar-refractivity contribution in [1.82, 2.24) is 10.3 Å². The van der Waals surface area contributed by atoms with Gasteiger partial charge in [-0.2, -0.15) is 0 Å². The van der Waals surface area contributed by atoms with E-state index in [-0.39, 0.29) is 17.6 Å². The van der Waals surface area contributed by atoms with Crippen LogP contribution in [0, 0.1) is 18.7 Å². The van der Waals surface area contributed by atoms with Crippen LogP contribution < -0.4 is 5.32 Å².